The maximum Gasteiger partial charge on any atom is 0.311 e. The van der Waals surface area contributed by atoms with Crippen LogP contribution < -0.4 is 0 Å². The Hall–Kier alpha value is -4.19. The Morgan fingerprint density at radius 1 is 0.886 bits per heavy atom. The van der Waals surface area contributed by atoms with Gasteiger partial charge >= 0.3 is 11.9 Å². The Labute approximate surface area is 204 Å². The van der Waals surface area contributed by atoms with Crippen molar-refractivity contribution in [3.63, 3.8) is 0 Å². The Morgan fingerprint density at radius 3 is 2.11 bits per heavy atom. The zero-order chi connectivity index (χ0) is 24.9. The van der Waals surface area contributed by atoms with Gasteiger partial charge in [-0.3, -0.25) is 9.59 Å². The number of ether oxygens (including phenoxy) is 1. The van der Waals surface area contributed by atoms with Crippen LogP contribution in [0.3, 0.4) is 0 Å². The van der Waals surface area contributed by atoms with Crippen LogP contribution in [0, 0.1) is 13.8 Å². The van der Waals surface area contributed by atoms with Gasteiger partial charge in [-0.05, 0) is 48.6 Å². The molecule has 1 aromatic heterocycles. The summed E-state index contributed by atoms with van der Waals surface area (Å²) in [5.41, 5.74) is 6.94. The van der Waals surface area contributed by atoms with E-state index in [0.717, 1.165) is 33.4 Å². The highest BCUT2D eigenvalue weighted by molar-refractivity contribution is 5.78. The molecule has 1 N–H and O–H groups in total. The van der Waals surface area contributed by atoms with E-state index in [1.54, 1.807) is 0 Å². The van der Waals surface area contributed by atoms with Crippen LogP contribution in [0.25, 0.3) is 22.5 Å². The molecule has 1 heterocycles. The average molecular weight is 470 g/mol. The van der Waals surface area contributed by atoms with E-state index in [9.17, 15) is 9.59 Å². The molecule has 35 heavy (non-hydrogen) atoms. The molecule has 0 saturated heterocycles. The third-order valence-corrected chi connectivity index (χ3v) is 6.03. The van der Waals surface area contributed by atoms with E-state index < -0.39 is 5.97 Å². The lowest BCUT2D eigenvalue weighted by atomic mass is 9.99. The molecule has 0 spiro atoms. The standard InChI is InChI=1S/C29H27NO5/c1-18-6-4-5-7-25(18)20(3)34-28(33)17-26-19(2)30-35-29(26)24-14-12-23(13-15-24)22-10-8-21(9-11-22)16-27(31)32/h4-15,20H,16-17H2,1-3H3,(H,31,32). The third kappa shape index (κ3) is 5.66. The summed E-state index contributed by atoms with van der Waals surface area (Å²) < 4.78 is 11.3. The van der Waals surface area contributed by atoms with Crippen molar-refractivity contribution in [2.45, 2.75) is 39.7 Å². The van der Waals surface area contributed by atoms with Crippen LogP contribution in [0.1, 0.15) is 41.0 Å². The van der Waals surface area contributed by atoms with Gasteiger partial charge in [-0.1, -0.05) is 78.0 Å². The van der Waals surface area contributed by atoms with E-state index in [1.165, 1.54) is 0 Å². The zero-order valence-electron chi connectivity index (χ0n) is 19.9. The van der Waals surface area contributed by atoms with Crippen LogP contribution in [0.4, 0.5) is 0 Å². The summed E-state index contributed by atoms with van der Waals surface area (Å²) >= 11 is 0. The monoisotopic (exact) mass is 469 g/mol. The number of hydrogen-bond acceptors (Lipinski definition) is 5. The van der Waals surface area contributed by atoms with Gasteiger partial charge in [-0.15, -0.1) is 0 Å². The fourth-order valence-electron chi connectivity index (χ4n) is 4.12. The number of carbonyl (C=O) groups is 2. The number of aliphatic carboxylic acids is 1. The highest BCUT2D eigenvalue weighted by atomic mass is 16.5. The predicted molar refractivity (Wildman–Crippen MR) is 133 cm³/mol. The molecule has 0 aliphatic rings. The van der Waals surface area contributed by atoms with E-state index in [4.69, 9.17) is 14.4 Å². The molecule has 1 atom stereocenters. The van der Waals surface area contributed by atoms with Crippen LogP contribution in [-0.2, 0) is 27.2 Å². The number of nitrogens with zero attached hydrogens (tertiary/aromatic N) is 1. The van der Waals surface area contributed by atoms with Crippen molar-refractivity contribution in [3.05, 3.63) is 101 Å². The molecule has 0 aliphatic carbocycles. The Balaban J connectivity index is 1.48. The van der Waals surface area contributed by atoms with Gasteiger partial charge in [-0.25, -0.2) is 0 Å². The summed E-state index contributed by atoms with van der Waals surface area (Å²) in [4.78, 5) is 23.6. The quantitative estimate of drug-likeness (QED) is 0.314. The normalized spacial score (nSPS) is 11.7. The second-order valence-electron chi connectivity index (χ2n) is 8.59. The molecular formula is C29H27NO5. The van der Waals surface area contributed by atoms with Crippen LogP contribution in [0.15, 0.2) is 77.3 Å². The summed E-state index contributed by atoms with van der Waals surface area (Å²) in [6.07, 6.45) is -0.291. The number of rotatable bonds is 8. The molecule has 178 valence electrons. The topological polar surface area (TPSA) is 89.6 Å². The van der Waals surface area contributed by atoms with Gasteiger partial charge in [0.25, 0.3) is 0 Å². The van der Waals surface area contributed by atoms with Crippen molar-refractivity contribution in [1.82, 2.24) is 5.16 Å². The van der Waals surface area contributed by atoms with Gasteiger partial charge in [0.15, 0.2) is 5.76 Å². The number of aromatic nitrogens is 1. The van der Waals surface area contributed by atoms with Crippen LogP contribution in [0.5, 0.6) is 0 Å². The van der Waals surface area contributed by atoms with E-state index in [0.29, 0.717) is 17.0 Å². The van der Waals surface area contributed by atoms with Gasteiger partial charge in [0.2, 0.25) is 0 Å². The fraction of sp³-hybridized carbons (Fsp3) is 0.207. The lowest BCUT2D eigenvalue weighted by Crippen LogP contribution is -2.13. The van der Waals surface area contributed by atoms with E-state index in [1.807, 2.05) is 93.6 Å². The smallest absolute Gasteiger partial charge is 0.311 e. The minimum atomic E-state index is -0.853. The van der Waals surface area contributed by atoms with Crippen molar-refractivity contribution in [2.75, 3.05) is 0 Å². The number of hydrogen-bond donors (Lipinski definition) is 1. The van der Waals surface area contributed by atoms with Gasteiger partial charge in [-0.2, -0.15) is 0 Å². The lowest BCUT2D eigenvalue weighted by molar-refractivity contribution is -0.147. The first kappa shape index (κ1) is 24.0. The first-order chi connectivity index (χ1) is 16.8. The minimum Gasteiger partial charge on any atom is -0.481 e. The Morgan fingerprint density at radius 2 is 1.49 bits per heavy atom. The second kappa shape index (κ2) is 10.4. The number of esters is 1. The maximum atomic E-state index is 12.7. The lowest BCUT2D eigenvalue weighted by Gasteiger charge is -2.15. The minimum absolute atomic E-state index is 0.000985. The van der Waals surface area contributed by atoms with E-state index in [-0.39, 0.29) is 24.9 Å². The number of aryl methyl sites for hydroxylation is 2. The molecule has 0 bridgehead atoms. The zero-order valence-corrected chi connectivity index (χ0v) is 19.9. The molecule has 6 heteroatoms. The van der Waals surface area contributed by atoms with Crippen LogP contribution in [-0.4, -0.2) is 22.2 Å². The summed E-state index contributed by atoms with van der Waals surface area (Å²) in [6, 6.07) is 23.1. The molecular weight excluding hydrogens is 442 g/mol. The summed E-state index contributed by atoms with van der Waals surface area (Å²) in [7, 11) is 0. The van der Waals surface area contributed by atoms with Gasteiger partial charge < -0.3 is 14.4 Å². The SMILES string of the molecule is Cc1ccccc1C(C)OC(=O)Cc1c(C)noc1-c1ccc(-c2ccc(CC(=O)O)cc2)cc1. The summed E-state index contributed by atoms with van der Waals surface area (Å²) in [5.74, 6) is -0.647. The molecule has 4 aromatic rings. The number of carbonyl (C=O) groups excluding carboxylic acids is 1. The molecule has 1 unspecified atom stereocenters. The van der Waals surface area contributed by atoms with E-state index >= 15 is 0 Å². The molecule has 0 aliphatic heterocycles. The molecule has 4 rings (SSSR count). The second-order valence-corrected chi connectivity index (χ2v) is 8.59. The van der Waals surface area contributed by atoms with Crippen molar-refractivity contribution >= 4 is 11.9 Å². The maximum absolute atomic E-state index is 12.7. The molecule has 0 amide bonds. The molecule has 0 fully saturated rings. The highest BCUT2D eigenvalue weighted by Crippen LogP contribution is 2.30. The number of benzene rings is 3. The fourth-order valence-corrected chi connectivity index (χ4v) is 4.12. The van der Waals surface area contributed by atoms with Crippen molar-refractivity contribution in [2.24, 2.45) is 0 Å². The van der Waals surface area contributed by atoms with Gasteiger partial charge in [0, 0.05) is 11.1 Å². The molecule has 0 saturated carbocycles. The third-order valence-electron chi connectivity index (χ3n) is 6.03. The number of carboxylic acids is 1. The van der Waals surface area contributed by atoms with Crippen LogP contribution >= 0.6 is 0 Å². The molecule has 3 aromatic carbocycles. The molecule has 0 radical (unpaired) electrons. The van der Waals surface area contributed by atoms with Gasteiger partial charge in [0.05, 0.1) is 18.5 Å². The first-order valence-electron chi connectivity index (χ1n) is 11.4. The predicted octanol–water partition coefficient (Wildman–Crippen LogP) is 6.10. The highest BCUT2D eigenvalue weighted by Gasteiger charge is 2.21. The Kier molecular flexibility index (Phi) is 7.11. The summed E-state index contributed by atoms with van der Waals surface area (Å²) in [5, 5.41) is 13.0. The molecule has 6 nitrogen and oxygen atoms in total. The van der Waals surface area contributed by atoms with Crippen molar-refractivity contribution in [1.29, 1.82) is 0 Å². The van der Waals surface area contributed by atoms with Gasteiger partial charge in [0.1, 0.15) is 6.10 Å². The van der Waals surface area contributed by atoms with Crippen LogP contribution in [0.2, 0.25) is 0 Å². The van der Waals surface area contributed by atoms with E-state index in [2.05, 4.69) is 5.16 Å². The first-order valence-corrected chi connectivity index (χ1v) is 11.4. The van der Waals surface area contributed by atoms with Crippen molar-refractivity contribution < 1.29 is 24.0 Å². The average Bonchev–Trinajstić information content (AvgIpc) is 3.19. The Bertz CT molecular complexity index is 1340. The number of carboxylic acid groups (broad SMARTS) is 1. The summed E-state index contributed by atoms with van der Waals surface area (Å²) in [6.45, 7) is 5.68. The largest absolute Gasteiger partial charge is 0.481 e. The van der Waals surface area contributed by atoms with Crippen molar-refractivity contribution in [3.8, 4) is 22.5 Å².